The van der Waals surface area contributed by atoms with Gasteiger partial charge in [-0.25, -0.2) is 4.68 Å². The number of carbonyl (C=O) groups excluding carboxylic acids is 1. The van der Waals surface area contributed by atoms with E-state index in [1.165, 1.54) is 12.8 Å². The molecule has 2 aromatic rings. The molecule has 0 atom stereocenters. The summed E-state index contributed by atoms with van der Waals surface area (Å²) < 4.78 is 1.77. The zero-order valence-electron chi connectivity index (χ0n) is 9.14. The molecule has 1 aromatic carbocycles. The Kier molecular flexibility index (Phi) is 2.48. The fourth-order valence-electron chi connectivity index (χ4n) is 1.85. The number of benzene rings is 1. The largest absolute Gasteiger partial charge is 0.298 e. The normalized spacial score (nSPS) is 14.9. The van der Waals surface area contributed by atoms with Crippen molar-refractivity contribution in [3.63, 3.8) is 0 Å². The Morgan fingerprint density at radius 2 is 2.18 bits per heavy atom. The minimum absolute atomic E-state index is 0.542. The van der Waals surface area contributed by atoms with Crippen molar-refractivity contribution >= 4 is 17.9 Å². The SMILES string of the molecule is O=Cc1ccc(-n2ccc(C3CC3)n2)c(Cl)c1. The van der Waals surface area contributed by atoms with Crippen LogP contribution in [0.2, 0.25) is 5.02 Å². The van der Waals surface area contributed by atoms with Crippen LogP contribution in [0.5, 0.6) is 0 Å². The molecule has 86 valence electrons. The van der Waals surface area contributed by atoms with Crippen molar-refractivity contribution in [3.05, 3.63) is 46.7 Å². The van der Waals surface area contributed by atoms with Crippen LogP contribution in [0, 0.1) is 0 Å². The van der Waals surface area contributed by atoms with E-state index in [2.05, 4.69) is 5.10 Å². The number of hydrogen-bond donors (Lipinski definition) is 0. The molecule has 4 heteroatoms. The monoisotopic (exact) mass is 246 g/mol. The Labute approximate surface area is 104 Å². The summed E-state index contributed by atoms with van der Waals surface area (Å²) in [4.78, 5) is 10.6. The van der Waals surface area contributed by atoms with E-state index < -0.39 is 0 Å². The van der Waals surface area contributed by atoms with Gasteiger partial charge in [-0.3, -0.25) is 4.79 Å². The second kappa shape index (κ2) is 4.00. The number of aromatic nitrogens is 2. The van der Waals surface area contributed by atoms with Crippen molar-refractivity contribution in [1.82, 2.24) is 9.78 Å². The molecule has 0 radical (unpaired) electrons. The average Bonchev–Trinajstić information content (AvgIpc) is 3.08. The average molecular weight is 247 g/mol. The van der Waals surface area contributed by atoms with Crippen molar-refractivity contribution in [2.75, 3.05) is 0 Å². The highest BCUT2D eigenvalue weighted by atomic mass is 35.5. The third kappa shape index (κ3) is 1.98. The Morgan fingerprint density at radius 3 is 2.82 bits per heavy atom. The number of aldehydes is 1. The summed E-state index contributed by atoms with van der Waals surface area (Å²) in [6, 6.07) is 7.24. The van der Waals surface area contributed by atoms with Gasteiger partial charge >= 0.3 is 0 Å². The van der Waals surface area contributed by atoms with E-state index >= 15 is 0 Å². The summed E-state index contributed by atoms with van der Waals surface area (Å²) in [5, 5.41) is 5.04. The van der Waals surface area contributed by atoms with Crippen molar-refractivity contribution < 1.29 is 4.79 Å². The van der Waals surface area contributed by atoms with Crippen LogP contribution in [0.3, 0.4) is 0 Å². The van der Waals surface area contributed by atoms with Crippen molar-refractivity contribution in [1.29, 1.82) is 0 Å². The first kappa shape index (κ1) is 10.5. The highest BCUT2D eigenvalue weighted by Crippen LogP contribution is 2.39. The summed E-state index contributed by atoms with van der Waals surface area (Å²) in [5.41, 5.74) is 2.51. The molecule has 0 amide bonds. The molecule has 1 saturated carbocycles. The lowest BCUT2D eigenvalue weighted by molar-refractivity contribution is 0.112. The van der Waals surface area contributed by atoms with E-state index in [0.29, 0.717) is 16.5 Å². The van der Waals surface area contributed by atoms with Gasteiger partial charge in [0.05, 0.1) is 16.4 Å². The third-order valence-electron chi connectivity index (χ3n) is 2.96. The molecule has 0 saturated heterocycles. The van der Waals surface area contributed by atoms with Crippen LogP contribution < -0.4 is 0 Å². The first-order valence-corrected chi connectivity index (χ1v) is 5.96. The molecule has 0 bridgehead atoms. The molecule has 3 rings (SSSR count). The van der Waals surface area contributed by atoms with Gasteiger partial charge in [-0.2, -0.15) is 5.10 Å². The Morgan fingerprint density at radius 1 is 1.35 bits per heavy atom. The molecule has 1 aliphatic rings. The minimum atomic E-state index is 0.542. The van der Waals surface area contributed by atoms with Crippen LogP contribution in [0.15, 0.2) is 30.5 Å². The zero-order chi connectivity index (χ0) is 11.8. The van der Waals surface area contributed by atoms with Crippen LogP contribution in [0.1, 0.15) is 34.8 Å². The van der Waals surface area contributed by atoms with Crippen LogP contribution in [-0.2, 0) is 0 Å². The maximum atomic E-state index is 10.6. The molecule has 3 nitrogen and oxygen atoms in total. The molecule has 17 heavy (non-hydrogen) atoms. The van der Waals surface area contributed by atoms with Crippen LogP contribution >= 0.6 is 11.6 Å². The lowest BCUT2D eigenvalue weighted by Crippen LogP contribution is -1.97. The first-order chi connectivity index (χ1) is 8.28. The number of carbonyl (C=O) groups is 1. The van der Waals surface area contributed by atoms with Gasteiger partial charge in [0.1, 0.15) is 6.29 Å². The van der Waals surface area contributed by atoms with Gasteiger partial charge in [-0.1, -0.05) is 11.6 Å². The predicted molar refractivity (Wildman–Crippen MR) is 65.9 cm³/mol. The van der Waals surface area contributed by atoms with E-state index in [0.717, 1.165) is 17.7 Å². The number of rotatable bonds is 3. The molecule has 1 heterocycles. The fourth-order valence-corrected chi connectivity index (χ4v) is 2.13. The highest BCUT2D eigenvalue weighted by molar-refractivity contribution is 6.32. The van der Waals surface area contributed by atoms with E-state index in [-0.39, 0.29) is 0 Å². The minimum Gasteiger partial charge on any atom is -0.298 e. The highest BCUT2D eigenvalue weighted by Gasteiger charge is 2.26. The van der Waals surface area contributed by atoms with E-state index in [9.17, 15) is 4.79 Å². The number of nitrogens with zero attached hydrogens (tertiary/aromatic N) is 2. The summed E-state index contributed by atoms with van der Waals surface area (Å²) in [5.74, 6) is 0.629. The molecule has 0 aliphatic heterocycles. The predicted octanol–water partition coefficient (Wildman–Crippen LogP) is 3.22. The smallest absolute Gasteiger partial charge is 0.150 e. The Bertz CT molecular complexity index is 573. The lowest BCUT2D eigenvalue weighted by Gasteiger charge is -2.04. The first-order valence-electron chi connectivity index (χ1n) is 5.58. The summed E-state index contributed by atoms with van der Waals surface area (Å²) in [6.07, 6.45) is 5.16. The maximum absolute atomic E-state index is 10.6. The van der Waals surface area contributed by atoms with Crippen LogP contribution in [-0.4, -0.2) is 16.1 Å². The number of halogens is 1. The molecule has 1 fully saturated rings. The molecular weight excluding hydrogens is 236 g/mol. The second-order valence-electron chi connectivity index (χ2n) is 4.29. The van der Waals surface area contributed by atoms with Gasteiger partial charge in [0, 0.05) is 17.7 Å². The summed E-state index contributed by atoms with van der Waals surface area (Å²) >= 11 is 6.13. The maximum Gasteiger partial charge on any atom is 0.150 e. The van der Waals surface area contributed by atoms with Crippen LogP contribution in [0.4, 0.5) is 0 Å². The molecule has 0 spiro atoms. The van der Waals surface area contributed by atoms with Gasteiger partial charge in [-0.05, 0) is 37.1 Å². The lowest BCUT2D eigenvalue weighted by atomic mass is 10.2. The third-order valence-corrected chi connectivity index (χ3v) is 3.26. The fraction of sp³-hybridized carbons (Fsp3) is 0.231. The van der Waals surface area contributed by atoms with E-state index in [1.54, 1.807) is 16.8 Å². The zero-order valence-corrected chi connectivity index (χ0v) is 9.89. The summed E-state index contributed by atoms with van der Waals surface area (Å²) in [7, 11) is 0. The molecule has 1 aliphatic carbocycles. The molecule has 0 unspecified atom stereocenters. The van der Waals surface area contributed by atoms with Gasteiger partial charge in [0.15, 0.2) is 0 Å². The molecule has 1 aromatic heterocycles. The van der Waals surface area contributed by atoms with Crippen molar-refractivity contribution in [2.45, 2.75) is 18.8 Å². The molecule has 0 N–H and O–H groups in total. The van der Waals surface area contributed by atoms with Gasteiger partial charge < -0.3 is 0 Å². The van der Waals surface area contributed by atoms with Gasteiger partial charge in [-0.15, -0.1) is 0 Å². The van der Waals surface area contributed by atoms with Gasteiger partial charge in [0.2, 0.25) is 0 Å². The topological polar surface area (TPSA) is 34.9 Å². The number of hydrogen-bond acceptors (Lipinski definition) is 2. The van der Waals surface area contributed by atoms with Crippen LogP contribution in [0.25, 0.3) is 5.69 Å². The second-order valence-corrected chi connectivity index (χ2v) is 4.70. The van der Waals surface area contributed by atoms with Gasteiger partial charge in [0.25, 0.3) is 0 Å². The van der Waals surface area contributed by atoms with Crippen molar-refractivity contribution in [3.8, 4) is 5.69 Å². The van der Waals surface area contributed by atoms with Crippen molar-refractivity contribution in [2.24, 2.45) is 0 Å². The summed E-state index contributed by atoms with van der Waals surface area (Å²) in [6.45, 7) is 0. The Balaban J connectivity index is 1.98. The van der Waals surface area contributed by atoms with E-state index in [1.807, 2.05) is 18.3 Å². The standard InChI is InChI=1S/C13H11ClN2O/c14-11-7-9(8-17)1-4-13(11)16-6-5-12(15-16)10-2-3-10/h1,4-8,10H,2-3H2. The quantitative estimate of drug-likeness (QED) is 0.780. The van der Waals surface area contributed by atoms with E-state index in [4.69, 9.17) is 11.6 Å². The Hall–Kier alpha value is -1.61. The molecular formula is C13H11ClN2O.